The van der Waals surface area contributed by atoms with E-state index in [4.69, 9.17) is 9.47 Å². The maximum atomic E-state index is 12.5. The minimum atomic E-state index is -0.973. The molecular formula is C17H23NO4. The molecule has 0 N–H and O–H groups in total. The van der Waals surface area contributed by atoms with Gasteiger partial charge in [-0.2, -0.15) is 5.26 Å². The van der Waals surface area contributed by atoms with Gasteiger partial charge in [0.15, 0.2) is 5.41 Å². The molecule has 1 heterocycles. The second kappa shape index (κ2) is 5.26. The Kier molecular flexibility index (Phi) is 3.66. The molecule has 2 aliphatic carbocycles. The van der Waals surface area contributed by atoms with Crippen molar-refractivity contribution in [3.05, 3.63) is 0 Å². The van der Waals surface area contributed by atoms with Crippen LogP contribution in [0, 0.1) is 40.4 Å². The number of nitrogens with zero attached hydrogens (tertiary/aromatic N) is 1. The van der Waals surface area contributed by atoms with Gasteiger partial charge in [0.25, 0.3) is 0 Å². The van der Waals surface area contributed by atoms with Gasteiger partial charge in [-0.15, -0.1) is 0 Å². The molecule has 0 aromatic rings. The number of hydrogen-bond acceptors (Lipinski definition) is 5. The van der Waals surface area contributed by atoms with Crippen molar-refractivity contribution in [2.75, 3.05) is 0 Å². The first kappa shape index (κ1) is 15.3. The summed E-state index contributed by atoms with van der Waals surface area (Å²) in [6.07, 6.45) is 2.20. The molecule has 3 fully saturated rings. The lowest BCUT2D eigenvalue weighted by atomic mass is 9.74. The van der Waals surface area contributed by atoms with Gasteiger partial charge >= 0.3 is 11.9 Å². The first-order valence-corrected chi connectivity index (χ1v) is 8.27. The highest BCUT2D eigenvalue weighted by molar-refractivity contribution is 5.84. The molecule has 3 rings (SSSR count). The lowest BCUT2D eigenvalue weighted by Gasteiger charge is -2.29. The summed E-state index contributed by atoms with van der Waals surface area (Å²) >= 11 is 0. The van der Waals surface area contributed by atoms with E-state index >= 15 is 0 Å². The molecule has 0 aromatic carbocycles. The number of nitriles is 1. The summed E-state index contributed by atoms with van der Waals surface area (Å²) in [4.78, 5) is 24.5. The van der Waals surface area contributed by atoms with Crippen LogP contribution in [0.5, 0.6) is 0 Å². The van der Waals surface area contributed by atoms with Crippen LogP contribution in [0.15, 0.2) is 0 Å². The van der Waals surface area contributed by atoms with Gasteiger partial charge in [0.2, 0.25) is 0 Å². The molecule has 6 atom stereocenters. The predicted molar refractivity (Wildman–Crippen MR) is 77.3 cm³/mol. The van der Waals surface area contributed by atoms with Crippen LogP contribution in [0.25, 0.3) is 0 Å². The summed E-state index contributed by atoms with van der Waals surface area (Å²) in [6, 6.07) is 2.17. The molecule has 22 heavy (non-hydrogen) atoms. The zero-order valence-electron chi connectivity index (χ0n) is 13.4. The average Bonchev–Trinajstić information content (AvgIpc) is 3.06. The molecule has 5 nitrogen and oxygen atoms in total. The fraction of sp³-hybridized carbons (Fsp3) is 0.824. The molecule has 5 heteroatoms. The van der Waals surface area contributed by atoms with Crippen LogP contribution in [0.2, 0.25) is 0 Å². The minimum absolute atomic E-state index is 0.0829. The smallest absolute Gasteiger partial charge is 0.327 e. The Balaban J connectivity index is 1.73. The van der Waals surface area contributed by atoms with Crippen LogP contribution in [-0.4, -0.2) is 24.1 Å². The van der Waals surface area contributed by atoms with Crippen LogP contribution in [0.4, 0.5) is 0 Å². The Labute approximate surface area is 131 Å². The highest BCUT2D eigenvalue weighted by Gasteiger charge is 2.72. The molecule has 0 radical (unpaired) electrons. The third-order valence-corrected chi connectivity index (χ3v) is 5.73. The van der Waals surface area contributed by atoms with Crippen molar-refractivity contribution in [3.63, 3.8) is 0 Å². The van der Waals surface area contributed by atoms with E-state index in [1.54, 1.807) is 0 Å². The monoisotopic (exact) mass is 305 g/mol. The van der Waals surface area contributed by atoms with Crippen molar-refractivity contribution in [3.8, 4) is 6.07 Å². The van der Waals surface area contributed by atoms with E-state index < -0.39 is 17.5 Å². The fourth-order valence-corrected chi connectivity index (χ4v) is 4.54. The van der Waals surface area contributed by atoms with E-state index in [0.717, 1.165) is 19.3 Å². The number of ether oxygens (including phenoxy) is 2. The van der Waals surface area contributed by atoms with Crippen LogP contribution in [0.1, 0.15) is 46.5 Å². The van der Waals surface area contributed by atoms with Crippen molar-refractivity contribution in [2.45, 2.75) is 58.7 Å². The summed E-state index contributed by atoms with van der Waals surface area (Å²) < 4.78 is 11.2. The molecule has 2 bridgehead atoms. The summed E-state index contributed by atoms with van der Waals surface area (Å²) in [5, 5.41) is 9.38. The first-order chi connectivity index (χ1) is 10.4. The number of rotatable bonds is 5. The topological polar surface area (TPSA) is 76.4 Å². The van der Waals surface area contributed by atoms with Gasteiger partial charge in [-0.3, -0.25) is 9.59 Å². The average molecular weight is 305 g/mol. The molecule has 120 valence electrons. The standard InChI is InChI=1S/C17H23NO4/c1-4-5-11(9(2)3)15(19)21-13-10-6-12-14(13)22-16(20)17(12,7-10)8-18/h9-14H,4-7H2,1-3H3. The van der Waals surface area contributed by atoms with Gasteiger partial charge in [0.05, 0.1) is 12.0 Å². The molecule has 1 saturated heterocycles. The Hall–Kier alpha value is -1.57. The Morgan fingerprint density at radius 2 is 2.27 bits per heavy atom. The quantitative estimate of drug-likeness (QED) is 0.729. The SMILES string of the molecule is CCCC(C(=O)OC1C2CC3C1OC(=O)C3(C#N)C2)C(C)C. The highest BCUT2D eigenvalue weighted by atomic mass is 16.6. The molecular weight excluding hydrogens is 282 g/mol. The summed E-state index contributed by atoms with van der Waals surface area (Å²) in [7, 11) is 0. The Bertz CT molecular complexity index is 537. The van der Waals surface area contributed by atoms with Crippen molar-refractivity contribution >= 4 is 11.9 Å². The highest BCUT2D eigenvalue weighted by Crippen LogP contribution is 2.62. The van der Waals surface area contributed by atoms with E-state index in [-0.39, 0.29) is 35.7 Å². The number of carbonyl (C=O) groups excluding carboxylic acids is 2. The van der Waals surface area contributed by atoms with E-state index in [2.05, 4.69) is 13.0 Å². The molecule has 0 amide bonds. The molecule has 0 spiro atoms. The fourth-order valence-electron chi connectivity index (χ4n) is 4.54. The van der Waals surface area contributed by atoms with Crippen LogP contribution >= 0.6 is 0 Å². The molecule has 0 aromatic heterocycles. The molecule has 2 saturated carbocycles. The second-order valence-corrected chi connectivity index (χ2v) is 7.30. The number of esters is 2. The Morgan fingerprint density at radius 1 is 1.55 bits per heavy atom. The van der Waals surface area contributed by atoms with Gasteiger partial charge in [-0.05, 0) is 25.2 Å². The van der Waals surface area contributed by atoms with E-state index in [1.165, 1.54) is 0 Å². The molecule has 3 aliphatic rings. The van der Waals surface area contributed by atoms with Crippen LogP contribution < -0.4 is 0 Å². The van der Waals surface area contributed by atoms with E-state index in [1.807, 2.05) is 13.8 Å². The first-order valence-electron chi connectivity index (χ1n) is 8.27. The molecule has 1 aliphatic heterocycles. The van der Waals surface area contributed by atoms with Crippen molar-refractivity contribution in [1.29, 1.82) is 5.26 Å². The van der Waals surface area contributed by atoms with E-state index in [9.17, 15) is 14.9 Å². The largest absolute Gasteiger partial charge is 0.458 e. The minimum Gasteiger partial charge on any atom is -0.458 e. The van der Waals surface area contributed by atoms with Gasteiger partial charge in [0.1, 0.15) is 12.2 Å². The third kappa shape index (κ3) is 1.96. The maximum absolute atomic E-state index is 12.5. The van der Waals surface area contributed by atoms with Crippen molar-refractivity contribution < 1.29 is 19.1 Å². The number of carbonyl (C=O) groups is 2. The second-order valence-electron chi connectivity index (χ2n) is 7.30. The zero-order chi connectivity index (χ0) is 16.1. The van der Waals surface area contributed by atoms with Crippen molar-refractivity contribution in [1.82, 2.24) is 0 Å². The van der Waals surface area contributed by atoms with Crippen LogP contribution in [-0.2, 0) is 19.1 Å². The summed E-state index contributed by atoms with van der Waals surface area (Å²) in [6.45, 7) is 6.11. The summed E-state index contributed by atoms with van der Waals surface area (Å²) in [5.41, 5.74) is -0.973. The number of fused-ring (bicyclic) bond motifs is 1. The van der Waals surface area contributed by atoms with Gasteiger partial charge in [-0.25, -0.2) is 0 Å². The zero-order valence-corrected chi connectivity index (χ0v) is 13.4. The Morgan fingerprint density at radius 3 is 2.86 bits per heavy atom. The van der Waals surface area contributed by atoms with Crippen molar-refractivity contribution in [2.24, 2.45) is 29.1 Å². The van der Waals surface area contributed by atoms with Crippen LogP contribution in [0.3, 0.4) is 0 Å². The maximum Gasteiger partial charge on any atom is 0.327 e. The van der Waals surface area contributed by atoms with Gasteiger partial charge < -0.3 is 9.47 Å². The number of hydrogen-bond donors (Lipinski definition) is 0. The lowest BCUT2D eigenvalue weighted by molar-refractivity contribution is -0.167. The van der Waals surface area contributed by atoms with Gasteiger partial charge in [-0.1, -0.05) is 27.2 Å². The summed E-state index contributed by atoms with van der Waals surface area (Å²) in [5.74, 6) is -0.492. The lowest BCUT2D eigenvalue weighted by Crippen LogP contribution is -2.41. The normalized spacial score (nSPS) is 39.7. The predicted octanol–water partition coefficient (Wildman–Crippen LogP) is 2.45. The molecule has 6 unspecified atom stereocenters. The van der Waals surface area contributed by atoms with E-state index in [0.29, 0.717) is 6.42 Å². The third-order valence-electron chi connectivity index (χ3n) is 5.73. The van der Waals surface area contributed by atoms with Gasteiger partial charge in [0, 0.05) is 11.8 Å².